The van der Waals surface area contributed by atoms with Crippen molar-refractivity contribution in [2.45, 2.75) is 33.1 Å². The number of nitrogens with one attached hydrogen (secondary N) is 2. The number of hydrogen-bond donors (Lipinski definition) is 2. The maximum atomic E-state index is 12.2. The molecule has 1 aliphatic heterocycles. The second-order valence-electron chi connectivity index (χ2n) is 5.75. The van der Waals surface area contributed by atoms with E-state index in [1.165, 1.54) is 12.8 Å². The molecule has 1 fully saturated rings. The second-order valence-corrected chi connectivity index (χ2v) is 5.75. The average Bonchev–Trinajstić information content (AvgIpc) is 2.50. The van der Waals surface area contributed by atoms with Crippen LogP contribution in [-0.2, 0) is 4.79 Å². The average molecular weight is 290 g/mol. The Balaban J connectivity index is 1.89. The molecule has 4 nitrogen and oxygen atoms in total. The number of carbonyl (C=O) groups is 1. The van der Waals surface area contributed by atoms with Crippen LogP contribution in [0.3, 0.4) is 0 Å². The zero-order valence-electron chi connectivity index (χ0n) is 13.0. The van der Waals surface area contributed by atoms with E-state index in [0.717, 1.165) is 24.5 Å². The van der Waals surface area contributed by atoms with E-state index in [9.17, 15) is 4.79 Å². The monoisotopic (exact) mass is 290 g/mol. The van der Waals surface area contributed by atoms with Gasteiger partial charge in [-0.05, 0) is 56.8 Å². The number of ether oxygens (including phenoxy) is 1. The van der Waals surface area contributed by atoms with Crippen molar-refractivity contribution < 1.29 is 9.53 Å². The molecule has 0 saturated carbocycles. The molecule has 2 N–H and O–H groups in total. The van der Waals surface area contributed by atoms with E-state index in [1.54, 1.807) is 0 Å². The Hall–Kier alpha value is -1.55. The summed E-state index contributed by atoms with van der Waals surface area (Å²) < 4.78 is 5.54. The number of carbonyl (C=O) groups excluding carboxylic acids is 1. The molecule has 1 atom stereocenters. The van der Waals surface area contributed by atoms with Crippen LogP contribution in [0.25, 0.3) is 0 Å². The first-order valence-corrected chi connectivity index (χ1v) is 7.93. The van der Waals surface area contributed by atoms with Gasteiger partial charge in [0, 0.05) is 6.42 Å². The van der Waals surface area contributed by atoms with Crippen molar-refractivity contribution in [3.05, 3.63) is 24.3 Å². The lowest BCUT2D eigenvalue weighted by atomic mass is 9.84. The third kappa shape index (κ3) is 4.74. The molecule has 116 valence electrons. The van der Waals surface area contributed by atoms with Crippen LogP contribution in [0.2, 0.25) is 0 Å². The summed E-state index contributed by atoms with van der Waals surface area (Å²) in [7, 11) is 0. The van der Waals surface area contributed by atoms with Gasteiger partial charge in [0.1, 0.15) is 5.75 Å². The minimum atomic E-state index is 0.0770. The summed E-state index contributed by atoms with van der Waals surface area (Å²) in [6.07, 6.45) is 2.92. The van der Waals surface area contributed by atoms with Crippen molar-refractivity contribution in [2.24, 2.45) is 11.8 Å². The maximum Gasteiger partial charge on any atom is 0.224 e. The van der Waals surface area contributed by atoms with Crippen molar-refractivity contribution in [1.29, 1.82) is 0 Å². The highest BCUT2D eigenvalue weighted by molar-refractivity contribution is 5.92. The van der Waals surface area contributed by atoms with Crippen molar-refractivity contribution in [3.63, 3.8) is 0 Å². The first kappa shape index (κ1) is 15.8. The van der Waals surface area contributed by atoms with Crippen LogP contribution < -0.4 is 15.4 Å². The van der Waals surface area contributed by atoms with Gasteiger partial charge >= 0.3 is 0 Å². The highest BCUT2D eigenvalue weighted by Gasteiger charge is 2.22. The number of rotatable bonds is 6. The Labute approximate surface area is 127 Å². The molecule has 0 radical (unpaired) electrons. The maximum absolute atomic E-state index is 12.2. The molecule has 1 amide bonds. The predicted molar refractivity (Wildman–Crippen MR) is 85.6 cm³/mol. The molecule has 1 unspecified atom stereocenters. The van der Waals surface area contributed by atoms with E-state index in [2.05, 4.69) is 17.6 Å². The highest BCUT2D eigenvalue weighted by atomic mass is 16.5. The van der Waals surface area contributed by atoms with Crippen molar-refractivity contribution >= 4 is 11.6 Å². The van der Waals surface area contributed by atoms with Crippen LogP contribution >= 0.6 is 0 Å². The Morgan fingerprint density at radius 1 is 1.38 bits per heavy atom. The van der Waals surface area contributed by atoms with Gasteiger partial charge < -0.3 is 15.4 Å². The summed E-state index contributed by atoms with van der Waals surface area (Å²) in [5.74, 6) is 1.89. The van der Waals surface area contributed by atoms with Gasteiger partial charge in [-0.1, -0.05) is 19.1 Å². The van der Waals surface area contributed by atoms with Crippen LogP contribution in [0.5, 0.6) is 5.75 Å². The topological polar surface area (TPSA) is 50.4 Å². The smallest absolute Gasteiger partial charge is 0.224 e. The first-order valence-electron chi connectivity index (χ1n) is 7.93. The van der Waals surface area contributed by atoms with E-state index in [4.69, 9.17) is 4.74 Å². The molecular formula is C17H26N2O2. The van der Waals surface area contributed by atoms with Crippen LogP contribution in [0.4, 0.5) is 5.69 Å². The minimum absolute atomic E-state index is 0.0770. The molecule has 0 aliphatic carbocycles. The lowest BCUT2D eigenvalue weighted by molar-refractivity contribution is -0.117. The van der Waals surface area contributed by atoms with Gasteiger partial charge in [-0.25, -0.2) is 0 Å². The Kier molecular flexibility index (Phi) is 6.05. The van der Waals surface area contributed by atoms with Gasteiger partial charge in [-0.15, -0.1) is 0 Å². The van der Waals surface area contributed by atoms with Crippen molar-refractivity contribution in [2.75, 3.05) is 25.0 Å². The van der Waals surface area contributed by atoms with Crippen molar-refractivity contribution in [1.82, 2.24) is 5.32 Å². The van der Waals surface area contributed by atoms with Gasteiger partial charge in [0.05, 0.1) is 12.3 Å². The zero-order chi connectivity index (χ0) is 15.1. The quantitative estimate of drug-likeness (QED) is 0.846. The standard InChI is InChI=1S/C17H26N2O2/c1-3-21-16-7-5-4-6-15(16)19-17(20)12-13(2)14-8-10-18-11-9-14/h4-7,13-14,18H,3,8-12H2,1-2H3,(H,19,20). The van der Waals surface area contributed by atoms with E-state index < -0.39 is 0 Å². The molecule has 1 saturated heterocycles. The summed E-state index contributed by atoms with van der Waals surface area (Å²) in [4.78, 5) is 12.2. The van der Waals surface area contributed by atoms with Crippen LogP contribution in [0.1, 0.15) is 33.1 Å². The van der Waals surface area contributed by atoms with Crippen LogP contribution in [-0.4, -0.2) is 25.6 Å². The molecule has 2 rings (SSSR count). The van der Waals surface area contributed by atoms with Gasteiger partial charge in [0.2, 0.25) is 5.91 Å². The van der Waals surface area contributed by atoms with E-state index in [1.807, 2.05) is 31.2 Å². The number of amides is 1. The molecule has 4 heteroatoms. The Bertz CT molecular complexity index is 456. The van der Waals surface area contributed by atoms with E-state index in [0.29, 0.717) is 24.9 Å². The molecule has 1 aromatic carbocycles. The van der Waals surface area contributed by atoms with E-state index >= 15 is 0 Å². The summed E-state index contributed by atoms with van der Waals surface area (Å²) in [6.45, 7) is 6.87. The summed E-state index contributed by atoms with van der Waals surface area (Å²) >= 11 is 0. The van der Waals surface area contributed by atoms with Gasteiger partial charge in [0.15, 0.2) is 0 Å². The lowest BCUT2D eigenvalue weighted by Gasteiger charge is -2.28. The first-order chi connectivity index (χ1) is 10.2. The molecular weight excluding hydrogens is 264 g/mol. The normalized spacial score (nSPS) is 17.2. The van der Waals surface area contributed by atoms with Crippen LogP contribution in [0, 0.1) is 11.8 Å². The Morgan fingerprint density at radius 3 is 2.81 bits per heavy atom. The summed E-state index contributed by atoms with van der Waals surface area (Å²) in [6, 6.07) is 7.60. The fourth-order valence-corrected chi connectivity index (χ4v) is 2.92. The molecule has 0 bridgehead atoms. The largest absolute Gasteiger partial charge is 0.492 e. The van der Waals surface area contributed by atoms with Gasteiger partial charge in [-0.3, -0.25) is 4.79 Å². The second kappa shape index (κ2) is 8.03. The summed E-state index contributed by atoms with van der Waals surface area (Å²) in [5, 5.41) is 6.35. The lowest BCUT2D eigenvalue weighted by Crippen LogP contribution is -2.32. The van der Waals surface area contributed by atoms with Gasteiger partial charge in [0.25, 0.3) is 0 Å². The molecule has 1 aromatic rings. The third-order valence-electron chi connectivity index (χ3n) is 4.16. The summed E-state index contributed by atoms with van der Waals surface area (Å²) in [5.41, 5.74) is 0.766. The number of hydrogen-bond acceptors (Lipinski definition) is 3. The SMILES string of the molecule is CCOc1ccccc1NC(=O)CC(C)C1CCNCC1. The minimum Gasteiger partial charge on any atom is -0.492 e. The fourth-order valence-electron chi connectivity index (χ4n) is 2.92. The van der Waals surface area contributed by atoms with E-state index in [-0.39, 0.29) is 5.91 Å². The Morgan fingerprint density at radius 2 is 2.10 bits per heavy atom. The third-order valence-corrected chi connectivity index (χ3v) is 4.16. The predicted octanol–water partition coefficient (Wildman–Crippen LogP) is 3.05. The zero-order valence-corrected chi connectivity index (χ0v) is 13.0. The van der Waals surface area contributed by atoms with Crippen LogP contribution in [0.15, 0.2) is 24.3 Å². The number of para-hydroxylation sites is 2. The number of benzene rings is 1. The number of piperidine rings is 1. The van der Waals surface area contributed by atoms with Crippen molar-refractivity contribution in [3.8, 4) is 5.75 Å². The molecule has 21 heavy (non-hydrogen) atoms. The number of anilines is 1. The molecule has 1 aliphatic rings. The molecule has 0 spiro atoms. The van der Waals surface area contributed by atoms with Gasteiger partial charge in [-0.2, -0.15) is 0 Å². The fraction of sp³-hybridized carbons (Fsp3) is 0.588. The molecule has 0 aromatic heterocycles. The highest BCUT2D eigenvalue weighted by Crippen LogP contribution is 2.27. The molecule has 1 heterocycles.